The quantitative estimate of drug-likeness (QED) is 0.417. The lowest BCUT2D eigenvalue weighted by molar-refractivity contribution is 0.0952. The van der Waals surface area contributed by atoms with Crippen LogP contribution in [0.5, 0.6) is 0 Å². The molecule has 0 fully saturated rings. The maximum Gasteiger partial charge on any atom is 0.253 e. The molecule has 0 spiro atoms. The minimum atomic E-state index is -0.249. The van der Waals surface area contributed by atoms with Gasteiger partial charge in [-0.1, -0.05) is 53.2 Å². The number of nitrogens with zero attached hydrogens (tertiary/aromatic N) is 2. The second kappa shape index (κ2) is 8.89. The smallest absolute Gasteiger partial charge is 0.253 e. The number of benzene rings is 2. The maximum atomic E-state index is 13.1. The molecule has 2 heterocycles. The molecule has 0 bridgehead atoms. The van der Waals surface area contributed by atoms with E-state index in [2.05, 4.69) is 38.3 Å². The highest BCUT2D eigenvalue weighted by Crippen LogP contribution is 2.25. The number of hydrogen-bond acceptors (Lipinski definition) is 3. The fourth-order valence-electron chi connectivity index (χ4n) is 3.75. The van der Waals surface area contributed by atoms with Crippen LogP contribution in [-0.4, -0.2) is 20.7 Å². The zero-order valence-corrected chi connectivity index (χ0v) is 19.0. The summed E-state index contributed by atoms with van der Waals surface area (Å²) < 4.78 is 2.70. The monoisotopic (exact) mass is 478 g/mol. The molecule has 4 rings (SSSR count). The first-order valence-corrected chi connectivity index (χ1v) is 11.0. The van der Waals surface area contributed by atoms with E-state index in [9.17, 15) is 9.59 Å². The summed E-state index contributed by atoms with van der Waals surface area (Å²) in [5.74, 6) is -0.249. The fraction of sp³-hybridized carbons (Fsp3) is 0.208. The Bertz CT molecular complexity index is 1310. The number of nitrogens with one attached hydrogen (secondary N) is 2. The highest BCUT2D eigenvalue weighted by Gasteiger charge is 2.17. The molecule has 0 saturated heterocycles. The molecule has 2 aromatic heterocycles. The largest absolute Gasteiger partial charge is 0.348 e. The molecule has 31 heavy (non-hydrogen) atoms. The Morgan fingerprint density at radius 2 is 1.97 bits per heavy atom. The number of carbonyl (C=O) groups is 1. The first-order chi connectivity index (χ1) is 15.0. The Morgan fingerprint density at radius 1 is 1.19 bits per heavy atom. The van der Waals surface area contributed by atoms with Gasteiger partial charge in [-0.25, -0.2) is 0 Å². The molecule has 0 radical (unpaired) electrons. The molecule has 0 atom stereocenters. The summed E-state index contributed by atoms with van der Waals surface area (Å²) in [5.41, 5.74) is 4.28. The predicted molar refractivity (Wildman–Crippen MR) is 126 cm³/mol. The maximum absolute atomic E-state index is 13.1. The second-order valence-corrected chi connectivity index (χ2v) is 8.39. The van der Waals surface area contributed by atoms with Crippen LogP contribution in [0.4, 0.5) is 0 Å². The van der Waals surface area contributed by atoms with Gasteiger partial charge in [0.2, 0.25) is 0 Å². The van der Waals surface area contributed by atoms with Crippen LogP contribution in [0.1, 0.15) is 35.0 Å². The Kier molecular flexibility index (Phi) is 6.04. The van der Waals surface area contributed by atoms with Crippen LogP contribution < -0.4 is 10.9 Å². The van der Waals surface area contributed by atoms with Crippen LogP contribution in [0.25, 0.3) is 22.0 Å². The summed E-state index contributed by atoms with van der Waals surface area (Å²) in [6, 6.07) is 15.4. The average molecular weight is 479 g/mol. The van der Waals surface area contributed by atoms with Crippen molar-refractivity contribution >= 4 is 32.7 Å². The Balaban J connectivity index is 1.67. The van der Waals surface area contributed by atoms with E-state index in [1.807, 2.05) is 54.1 Å². The van der Waals surface area contributed by atoms with Crippen molar-refractivity contribution in [3.63, 3.8) is 0 Å². The first kappa shape index (κ1) is 21.1. The molecule has 0 aliphatic rings. The van der Waals surface area contributed by atoms with Gasteiger partial charge in [0.05, 0.1) is 17.3 Å². The molecule has 0 aliphatic heterocycles. The third kappa shape index (κ3) is 4.32. The number of aromatic amines is 1. The van der Waals surface area contributed by atoms with E-state index in [4.69, 9.17) is 0 Å². The van der Waals surface area contributed by atoms with E-state index in [1.165, 1.54) is 0 Å². The molecule has 4 aromatic rings. The van der Waals surface area contributed by atoms with E-state index in [-0.39, 0.29) is 18.0 Å². The number of aromatic nitrogens is 3. The number of rotatable bonds is 6. The number of hydrogen-bond donors (Lipinski definition) is 2. The van der Waals surface area contributed by atoms with Crippen molar-refractivity contribution < 1.29 is 4.79 Å². The van der Waals surface area contributed by atoms with Gasteiger partial charge in [-0.15, -0.1) is 0 Å². The lowest BCUT2D eigenvalue weighted by Gasteiger charge is -2.12. The van der Waals surface area contributed by atoms with Gasteiger partial charge >= 0.3 is 0 Å². The topological polar surface area (TPSA) is 79.8 Å². The average Bonchev–Trinajstić information content (AvgIpc) is 3.15. The number of carbonyl (C=O) groups excluding carboxylic acids is 1. The van der Waals surface area contributed by atoms with Gasteiger partial charge in [0, 0.05) is 34.2 Å². The van der Waals surface area contributed by atoms with Crippen molar-refractivity contribution in [1.82, 2.24) is 20.1 Å². The summed E-state index contributed by atoms with van der Waals surface area (Å²) in [4.78, 5) is 28.6. The van der Waals surface area contributed by atoms with Crippen molar-refractivity contribution in [1.29, 1.82) is 0 Å². The van der Waals surface area contributed by atoms with E-state index in [0.29, 0.717) is 11.1 Å². The SMILES string of the molecule is CCCn1ncc2c(C(=O)NCc3c(-c4ccccc4)cc(C)[nH]c3=O)cc(Br)cc21. The highest BCUT2D eigenvalue weighted by atomic mass is 79.9. The number of halogens is 1. The summed E-state index contributed by atoms with van der Waals surface area (Å²) >= 11 is 3.50. The molecule has 2 aromatic carbocycles. The summed E-state index contributed by atoms with van der Waals surface area (Å²) in [5, 5.41) is 8.14. The zero-order chi connectivity index (χ0) is 22.0. The summed E-state index contributed by atoms with van der Waals surface area (Å²) in [6.07, 6.45) is 2.67. The van der Waals surface area contributed by atoms with Crippen molar-refractivity contribution in [2.75, 3.05) is 0 Å². The second-order valence-electron chi connectivity index (χ2n) is 7.48. The van der Waals surface area contributed by atoms with Gasteiger partial charge in [-0.05, 0) is 42.7 Å². The van der Waals surface area contributed by atoms with E-state index in [1.54, 1.807) is 12.3 Å². The highest BCUT2D eigenvalue weighted by molar-refractivity contribution is 9.10. The summed E-state index contributed by atoms with van der Waals surface area (Å²) in [7, 11) is 0. The van der Waals surface area contributed by atoms with Crippen molar-refractivity contribution in [2.24, 2.45) is 0 Å². The molecule has 2 N–H and O–H groups in total. The van der Waals surface area contributed by atoms with Gasteiger partial charge in [0.1, 0.15) is 0 Å². The fourth-order valence-corrected chi connectivity index (χ4v) is 4.20. The lowest BCUT2D eigenvalue weighted by Crippen LogP contribution is -2.28. The van der Waals surface area contributed by atoms with Crippen LogP contribution in [0.3, 0.4) is 0 Å². The van der Waals surface area contributed by atoms with Gasteiger partial charge in [-0.2, -0.15) is 5.10 Å². The normalized spacial score (nSPS) is 11.1. The number of fused-ring (bicyclic) bond motifs is 1. The van der Waals surface area contributed by atoms with Crippen LogP contribution in [0.15, 0.2) is 64.0 Å². The molecule has 6 nitrogen and oxygen atoms in total. The first-order valence-electron chi connectivity index (χ1n) is 10.2. The minimum Gasteiger partial charge on any atom is -0.348 e. The standard InChI is InChI=1S/C24H23BrN4O2/c1-3-9-29-22-12-17(25)11-19(20(22)14-27-29)23(30)26-13-21-18(10-15(2)28-24(21)31)16-7-5-4-6-8-16/h4-8,10-12,14H,3,9,13H2,1-2H3,(H,26,30)(H,28,31). The lowest BCUT2D eigenvalue weighted by atomic mass is 10.0. The molecule has 158 valence electrons. The third-order valence-corrected chi connectivity index (χ3v) is 5.65. The Morgan fingerprint density at radius 3 is 2.71 bits per heavy atom. The zero-order valence-electron chi connectivity index (χ0n) is 17.4. The van der Waals surface area contributed by atoms with Crippen LogP contribution in [0.2, 0.25) is 0 Å². The number of H-pyrrole nitrogens is 1. The van der Waals surface area contributed by atoms with Gasteiger partial charge < -0.3 is 10.3 Å². The van der Waals surface area contributed by atoms with Gasteiger partial charge in [0.15, 0.2) is 0 Å². The summed E-state index contributed by atoms with van der Waals surface area (Å²) in [6.45, 7) is 4.83. The molecule has 1 amide bonds. The molecule has 7 heteroatoms. The number of aryl methyl sites for hydroxylation is 2. The van der Waals surface area contributed by atoms with Gasteiger partial charge in [0.25, 0.3) is 11.5 Å². The number of amides is 1. The van der Waals surface area contributed by atoms with E-state index < -0.39 is 0 Å². The van der Waals surface area contributed by atoms with E-state index in [0.717, 1.165) is 45.2 Å². The van der Waals surface area contributed by atoms with Crippen LogP contribution >= 0.6 is 15.9 Å². The Labute approximate surface area is 188 Å². The van der Waals surface area contributed by atoms with Crippen molar-refractivity contribution in [2.45, 2.75) is 33.4 Å². The van der Waals surface area contributed by atoms with Crippen molar-refractivity contribution in [3.05, 3.63) is 86.4 Å². The Hall–Kier alpha value is -3.19. The molecular formula is C24H23BrN4O2. The van der Waals surface area contributed by atoms with E-state index >= 15 is 0 Å². The molecular weight excluding hydrogens is 456 g/mol. The van der Waals surface area contributed by atoms with Crippen LogP contribution in [-0.2, 0) is 13.1 Å². The molecule has 0 aliphatic carbocycles. The minimum absolute atomic E-state index is 0.121. The molecule has 0 saturated carbocycles. The van der Waals surface area contributed by atoms with Gasteiger partial charge in [-0.3, -0.25) is 14.3 Å². The van der Waals surface area contributed by atoms with Crippen molar-refractivity contribution in [3.8, 4) is 11.1 Å². The third-order valence-electron chi connectivity index (χ3n) is 5.19. The number of pyridine rings is 1. The van der Waals surface area contributed by atoms with Crippen LogP contribution in [0, 0.1) is 6.92 Å². The predicted octanol–water partition coefficient (Wildman–Crippen LogP) is 4.80. The molecule has 0 unspecified atom stereocenters.